The van der Waals surface area contributed by atoms with Crippen LogP contribution in [0.1, 0.15) is 24.2 Å². The van der Waals surface area contributed by atoms with Crippen molar-refractivity contribution < 1.29 is 4.79 Å². The molecule has 1 heterocycles. The van der Waals surface area contributed by atoms with E-state index in [9.17, 15) is 4.79 Å². The number of benzene rings is 1. The summed E-state index contributed by atoms with van der Waals surface area (Å²) in [6, 6.07) is 5.84. The van der Waals surface area contributed by atoms with E-state index in [1.807, 2.05) is 12.1 Å². The molecule has 104 valence electrons. The first-order chi connectivity index (χ1) is 9.02. The van der Waals surface area contributed by atoms with E-state index >= 15 is 0 Å². The molecule has 1 saturated heterocycles. The predicted octanol–water partition coefficient (Wildman–Crippen LogP) is 0.898. The summed E-state index contributed by atoms with van der Waals surface area (Å²) < 4.78 is 0. The van der Waals surface area contributed by atoms with Gasteiger partial charge >= 0.3 is 0 Å². The second kappa shape index (κ2) is 5.48. The molecule has 1 amide bonds. The second-order valence-electron chi connectivity index (χ2n) is 5.06. The fraction of sp³-hybridized carbons (Fsp3) is 0.500. The van der Waals surface area contributed by atoms with E-state index in [0.717, 1.165) is 31.9 Å². The van der Waals surface area contributed by atoms with Crippen LogP contribution in [0.25, 0.3) is 0 Å². The lowest BCUT2D eigenvalue weighted by Crippen LogP contribution is -2.52. The zero-order chi connectivity index (χ0) is 14.0. The smallest absolute Gasteiger partial charge is 0.250 e. The molecule has 0 aliphatic carbocycles. The topological polar surface area (TPSA) is 75.6 Å². The Hall–Kier alpha value is -1.75. The highest BCUT2D eigenvalue weighted by Gasteiger charge is 2.24. The zero-order valence-electron chi connectivity index (χ0n) is 11.6. The van der Waals surface area contributed by atoms with Crippen molar-refractivity contribution in [2.24, 2.45) is 5.73 Å². The van der Waals surface area contributed by atoms with Gasteiger partial charge in [-0.15, -0.1) is 0 Å². The minimum absolute atomic E-state index is 0.423. The molecule has 1 aliphatic heterocycles. The number of rotatable bonds is 3. The van der Waals surface area contributed by atoms with Crippen LogP contribution in [0.4, 0.5) is 11.4 Å². The van der Waals surface area contributed by atoms with Gasteiger partial charge in [-0.2, -0.15) is 0 Å². The number of hydrogen-bond donors (Lipinski definition) is 2. The van der Waals surface area contributed by atoms with E-state index in [1.54, 1.807) is 6.07 Å². The van der Waals surface area contributed by atoms with Gasteiger partial charge in [-0.1, -0.05) is 6.92 Å². The third-order valence-electron chi connectivity index (χ3n) is 3.80. The zero-order valence-corrected chi connectivity index (χ0v) is 11.6. The van der Waals surface area contributed by atoms with Crippen molar-refractivity contribution in [3.8, 4) is 0 Å². The van der Waals surface area contributed by atoms with Crippen LogP contribution in [-0.2, 0) is 0 Å². The van der Waals surface area contributed by atoms with E-state index in [-0.39, 0.29) is 0 Å². The molecule has 1 aliphatic rings. The average molecular weight is 262 g/mol. The Kier molecular flexibility index (Phi) is 3.95. The minimum Gasteiger partial charge on any atom is -0.399 e. The first-order valence-corrected chi connectivity index (χ1v) is 6.71. The molecule has 5 heteroatoms. The number of hydrogen-bond acceptors (Lipinski definition) is 4. The number of likely N-dealkylation sites (N-methyl/N-ethyl adjacent to an activating group) is 1. The number of nitrogens with two attached hydrogens (primary N) is 2. The Labute approximate surface area is 114 Å². The third-order valence-corrected chi connectivity index (χ3v) is 3.80. The molecule has 0 saturated carbocycles. The van der Waals surface area contributed by atoms with Gasteiger partial charge in [0, 0.05) is 37.1 Å². The molecule has 0 bridgehead atoms. The molecule has 1 fully saturated rings. The lowest BCUT2D eigenvalue weighted by Gasteiger charge is -2.41. The largest absolute Gasteiger partial charge is 0.399 e. The number of nitrogens with zero attached hydrogens (tertiary/aromatic N) is 2. The maximum Gasteiger partial charge on any atom is 0.250 e. The van der Waals surface area contributed by atoms with Crippen molar-refractivity contribution >= 4 is 17.3 Å². The highest BCUT2D eigenvalue weighted by atomic mass is 16.1. The first-order valence-electron chi connectivity index (χ1n) is 6.71. The van der Waals surface area contributed by atoms with Crippen molar-refractivity contribution in [2.45, 2.75) is 19.9 Å². The summed E-state index contributed by atoms with van der Waals surface area (Å²) in [5, 5.41) is 0. The monoisotopic (exact) mass is 262 g/mol. The van der Waals surface area contributed by atoms with Crippen molar-refractivity contribution in [1.82, 2.24) is 4.90 Å². The number of carbonyl (C=O) groups excluding carboxylic acids is 1. The van der Waals surface area contributed by atoms with E-state index < -0.39 is 5.91 Å². The van der Waals surface area contributed by atoms with Crippen LogP contribution >= 0.6 is 0 Å². The quantitative estimate of drug-likeness (QED) is 0.794. The predicted molar refractivity (Wildman–Crippen MR) is 78.3 cm³/mol. The van der Waals surface area contributed by atoms with E-state index in [2.05, 4.69) is 23.6 Å². The summed E-state index contributed by atoms with van der Waals surface area (Å²) >= 11 is 0. The van der Waals surface area contributed by atoms with Crippen LogP contribution in [0.5, 0.6) is 0 Å². The Morgan fingerprint density at radius 1 is 1.42 bits per heavy atom. The standard InChI is InChI=1S/C14H22N4O/c1-3-17-6-7-18(9-10(17)2)13-5-4-11(15)8-12(13)14(16)19/h4-5,8,10H,3,6-7,9,15H2,1-2H3,(H2,16,19). The fourth-order valence-corrected chi connectivity index (χ4v) is 2.71. The van der Waals surface area contributed by atoms with E-state index in [0.29, 0.717) is 17.3 Å². The van der Waals surface area contributed by atoms with Crippen LogP contribution in [0.2, 0.25) is 0 Å². The molecule has 19 heavy (non-hydrogen) atoms. The number of piperazine rings is 1. The van der Waals surface area contributed by atoms with Gasteiger partial charge in [0.25, 0.3) is 5.91 Å². The molecule has 0 aromatic heterocycles. The first kappa shape index (κ1) is 13.7. The molecule has 5 nitrogen and oxygen atoms in total. The summed E-state index contributed by atoms with van der Waals surface area (Å²) in [6.07, 6.45) is 0. The Morgan fingerprint density at radius 3 is 2.74 bits per heavy atom. The molecule has 0 spiro atoms. The maximum absolute atomic E-state index is 11.5. The number of anilines is 2. The van der Waals surface area contributed by atoms with Gasteiger partial charge < -0.3 is 16.4 Å². The van der Waals surface area contributed by atoms with Crippen LogP contribution < -0.4 is 16.4 Å². The highest BCUT2D eigenvalue weighted by Crippen LogP contribution is 2.25. The Bertz CT molecular complexity index is 475. The summed E-state index contributed by atoms with van der Waals surface area (Å²) in [4.78, 5) is 16.2. The molecule has 1 unspecified atom stereocenters. The van der Waals surface area contributed by atoms with Gasteiger partial charge in [-0.25, -0.2) is 0 Å². The molecule has 1 aromatic carbocycles. The van der Waals surface area contributed by atoms with E-state index in [4.69, 9.17) is 11.5 Å². The summed E-state index contributed by atoms with van der Waals surface area (Å²) in [6.45, 7) is 8.24. The molecule has 1 atom stereocenters. The van der Waals surface area contributed by atoms with Crippen LogP contribution in [0, 0.1) is 0 Å². The van der Waals surface area contributed by atoms with Crippen molar-refractivity contribution in [1.29, 1.82) is 0 Å². The number of nitrogen functional groups attached to an aromatic ring is 1. The molecule has 4 N–H and O–H groups in total. The van der Waals surface area contributed by atoms with Gasteiger partial charge in [0.2, 0.25) is 0 Å². The molecule has 0 radical (unpaired) electrons. The number of amides is 1. The Balaban J connectivity index is 2.25. The second-order valence-corrected chi connectivity index (χ2v) is 5.06. The molecular formula is C14H22N4O. The van der Waals surface area contributed by atoms with Crippen LogP contribution in [-0.4, -0.2) is 43.0 Å². The lowest BCUT2D eigenvalue weighted by molar-refractivity contribution is 0.100. The van der Waals surface area contributed by atoms with Gasteiger partial charge in [0.1, 0.15) is 0 Å². The molecular weight excluding hydrogens is 240 g/mol. The van der Waals surface area contributed by atoms with E-state index in [1.165, 1.54) is 0 Å². The molecule has 2 rings (SSSR count). The lowest BCUT2D eigenvalue weighted by atomic mass is 10.1. The average Bonchev–Trinajstić information content (AvgIpc) is 2.38. The number of carbonyl (C=O) groups is 1. The van der Waals surface area contributed by atoms with Gasteiger partial charge in [-0.3, -0.25) is 9.69 Å². The van der Waals surface area contributed by atoms with Crippen LogP contribution in [0.15, 0.2) is 18.2 Å². The van der Waals surface area contributed by atoms with Crippen molar-refractivity contribution in [3.63, 3.8) is 0 Å². The fourth-order valence-electron chi connectivity index (χ4n) is 2.71. The summed E-state index contributed by atoms with van der Waals surface area (Å²) in [7, 11) is 0. The minimum atomic E-state index is -0.423. The van der Waals surface area contributed by atoms with Gasteiger partial charge in [-0.05, 0) is 31.7 Å². The van der Waals surface area contributed by atoms with Gasteiger partial charge in [0.05, 0.1) is 5.56 Å². The summed E-state index contributed by atoms with van der Waals surface area (Å²) in [5.41, 5.74) is 13.1. The third kappa shape index (κ3) is 2.81. The van der Waals surface area contributed by atoms with Crippen molar-refractivity contribution in [3.05, 3.63) is 23.8 Å². The van der Waals surface area contributed by atoms with Crippen LogP contribution in [0.3, 0.4) is 0 Å². The number of primary amides is 1. The Morgan fingerprint density at radius 2 is 2.16 bits per heavy atom. The van der Waals surface area contributed by atoms with Crippen molar-refractivity contribution in [2.75, 3.05) is 36.8 Å². The summed E-state index contributed by atoms with van der Waals surface area (Å²) in [5.74, 6) is -0.423. The highest BCUT2D eigenvalue weighted by molar-refractivity contribution is 5.99. The SMILES string of the molecule is CCN1CCN(c2ccc(N)cc2C(N)=O)CC1C. The molecule has 1 aromatic rings. The maximum atomic E-state index is 11.5. The normalized spacial score (nSPS) is 20.5. The van der Waals surface area contributed by atoms with Gasteiger partial charge in [0.15, 0.2) is 0 Å².